The van der Waals surface area contributed by atoms with Gasteiger partial charge in [0.25, 0.3) is 0 Å². The number of fused-ring (bicyclic) bond motifs is 1. The van der Waals surface area contributed by atoms with Crippen LogP contribution < -0.4 is 10.1 Å². The summed E-state index contributed by atoms with van der Waals surface area (Å²) in [7, 11) is 0. The molecule has 1 aromatic carbocycles. The summed E-state index contributed by atoms with van der Waals surface area (Å²) >= 11 is 0. The maximum atomic E-state index is 5.60. The minimum atomic E-state index is 0.345. The van der Waals surface area contributed by atoms with E-state index in [0.29, 0.717) is 6.04 Å². The van der Waals surface area contributed by atoms with Crippen LogP contribution in [-0.2, 0) is 4.74 Å². The SMILES string of the molecule is CCOCCCNC1COc2ccccc21. The molecule has 0 aromatic heterocycles. The van der Waals surface area contributed by atoms with Gasteiger partial charge in [0.15, 0.2) is 0 Å². The van der Waals surface area contributed by atoms with Crippen molar-refractivity contribution in [3.63, 3.8) is 0 Å². The Morgan fingerprint density at radius 3 is 3.19 bits per heavy atom. The first-order chi connectivity index (χ1) is 7.92. The lowest BCUT2D eigenvalue weighted by Gasteiger charge is -2.11. The van der Waals surface area contributed by atoms with E-state index < -0.39 is 0 Å². The van der Waals surface area contributed by atoms with Gasteiger partial charge in [0, 0.05) is 18.8 Å². The van der Waals surface area contributed by atoms with Gasteiger partial charge >= 0.3 is 0 Å². The largest absolute Gasteiger partial charge is 0.491 e. The topological polar surface area (TPSA) is 30.5 Å². The third-order valence-corrected chi connectivity index (χ3v) is 2.76. The van der Waals surface area contributed by atoms with E-state index in [1.54, 1.807) is 0 Å². The van der Waals surface area contributed by atoms with E-state index in [1.807, 2.05) is 19.1 Å². The van der Waals surface area contributed by atoms with E-state index in [9.17, 15) is 0 Å². The molecule has 1 heterocycles. The van der Waals surface area contributed by atoms with E-state index in [0.717, 1.165) is 38.5 Å². The highest BCUT2D eigenvalue weighted by Crippen LogP contribution is 2.31. The van der Waals surface area contributed by atoms with Crippen molar-refractivity contribution in [2.45, 2.75) is 19.4 Å². The molecule has 2 rings (SSSR count). The molecule has 88 valence electrons. The molecule has 0 spiro atoms. The molecule has 1 aliphatic heterocycles. The van der Waals surface area contributed by atoms with Crippen LogP contribution in [-0.4, -0.2) is 26.4 Å². The van der Waals surface area contributed by atoms with Crippen molar-refractivity contribution in [3.8, 4) is 5.75 Å². The number of hydrogen-bond donors (Lipinski definition) is 1. The molecule has 0 radical (unpaired) electrons. The van der Waals surface area contributed by atoms with Gasteiger partial charge in [0.1, 0.15) is 12.4 Å². The average molecular weight is 221 g/mol. The van der Waals surface area contributed by atoms with Crippen molar-refractivity contribution in [2.24, 2.45) is 0 Å². The average Bonchev–Trinajstić information content (AvgIpc) is 2.73. The fraction of sp³-hybridized carbons (Fsp3) is 0.538. The van der Waals surface area contributed by atoms with Gasteiger partial charge in [-0.2, -0.15) is 0 Å². The molecule has 0 aliphatic carbocycles. The van der Waals surface area contributed by atoms with Gasteiger partial charge in [-0.15, -0.1) is 0 Å². The van der Waals surface area contributed by atoms with Gasteiger partial charge in [0.2, 0.25) is 0 Å². The van der Waals surface area contributed by atoms with Crippen LogP contribution in [0.1, 0.15) is 24.9 Å². The monoisotopic (exact) mass is 221 g/mol. The van der Waals surface area contributed by atoms with Crippen LogP contribution in [0, 0.1) is 0 Å². The lowest BCUT2D eigenvalue weighted by atomic mass is 10.1. The molecule has 3 heteroatoms. The predicted octanol–water partition coefficient (Wildman–Crippen LogP) is 2.14. The number of nitrogens with one attached hydrogen (secondary N) is 1. The highest BCUT2D eigenvalue weighted by atomic mass is 16.5. The molecule has 1 atom stereocenters. The summed E-state index contributed by atoms with van der Waals surface area (Å²) < 4.78 is 10.9. The standard InChI is InChI=1S/C13H19NO2/c1-2-15-9-5-8-14-12-10-16-13-7-4-3-6-11(12)13/h3-4,6-7,12,14H,2,5,8-10H2,1H3. The lowest BCUT2D eigenvalue weighted by Crippen LogP contribution is -2.24. The van der Waals surface area contributed by atoms with Crippen molar-refractivity contribution in [3.05, 3.63) is 29.8 Å². The summed E-state index contributed by atoms with van der Waals surface area (Å²) in [5.74, 6) is 1.02. The Labute approximate surface area is 96.8 Å². The molecule has 16 heavy (non-hydrogen) atoms. The smallest absolute Gasteiger partial charge is 0.124 e. The quantitative estimate of drug-likeness (QED) is 0.746. The van der Waals surface area contributed by atoms with Gasteiger partial charge in [-0.1, -0.05) is 18.2 Å². The molecule has 1 N–H and O–H groups in total. The molecule has 0 bridgehead atoms. The summed E-state index contributed by atoms with van der Waals surface area (Å²) in [4.78, 5) is 0. The molecule has 0 saturated heterocycles. The fourth-order valence-corrected chi connectivity index (χ4v) is 1.93. The maximum absolute atomic E-state index is 5.60. The molecular weight excluding hydrogens is 202 g/mol. The summed E-state index contributed by atoms with van der Waals surface area (Å²) in [5.41, 5.74) is 1.28. The Kier molecular flexibility index (Phi) is 4.19. The number of rotatable bonds is 6. The normalized spacial score (nSPS) is 18.2. The Hall–Kier alpha value is -1.06. The number of hydrogen-bond acceptors (Lipinski definition) is 3. The molecule has 3 nitrogen and oxygen atoms in total. The molecule has 0 amide bonds. The maximum Gasteiger partial charge on any atom is 0.124 e. The summed E-state index contributed by atoms with van der Waals surface area (Å²) in [6, 6.07) is 8.57. The van der Waals surface area contributed by atoms with Crippen molar-refractivity contribution in [2.75, 3.05) is 26.4 Å². The summed E-state index contributed by atoms with van der Waals surface area (Å²) in [6.45, 7) is 5.37. The van der Waals surface area contributed by atoms with Crippen LogP contribution >= 0.6 is 0 Å². The van der Waals surface area contributed by atoms with Gasteiger partial charge in [-0.3, -0.25) is 0 Å². The third kappa shape index (κ3) is 2.74. The van der Waals surface area contributed by atoms with Crippen molar-refractivity contribution < 1.29 is 9.47 Å². The summed E-state index contributed by atoms with van der Waals surface area (Å²) in [5, 5.41) is 3.49. The second-order valence-corrected chi connectivity index (χ2v) is 3.91. The highest BCUT2D eigenvalue weighted by Gasteiger charge is 2.22. The molecule has 1 unspecified atom stereocenters. The van der Waals surface area contributed by atoms with Crippen LogP contribution in [0.4, 0.5) is 0 Å². The predicted molar refractivity (Wildman–Crippen MR) is 63.8 cm³/mol. The van der Waals surface area contributed by atoms with Crippen molar-refractivity contribution in [1.82, 2.24) is 5.32 Å². The van der Waals surface area contributed by atoms with Crippen LogP contribution in [0.25, 0.3) is 0 Å². The highest BCUT2D eigenvalue weighted by molar-refractivity contribution is 5.39. The van der Waals surface area contributed by atoms with Gasteiger partial charge < -0.3 is 14.8 Å². The van der Waals surface area contributed by atoms with Crippen LogP contribution in [0.15, 0.2) is 24.3 Å². The van der Waals surface area contributed by atoms with Crippen molar-refractivity contribution in [1.29, 1.82) is 0 Å². The van der Waals surface area contributed by atoms with E-state index in [4.69, 9.17) is 9.47 Å². The van der Waals surface area contributed by atoms with Crippen molar-refractivity contribution >= 4 is 0 Å². The zero-order valence-corrected chi connectivity index (χ0v) is 9.74. The molecule has 1 aliphatic rings. The number of ether oxygens (including phenoxy) is 2. The number of benzene rings is 1. The first-order valence-corrected chi connectivity index (χ1v) is 5.94. The third-order valence-electron chi connectivity index (χ3n) is 2.76. The Morgan fingerprint density at radius 2 is 2.31 bits per heavy atom. The zero-order valence-electron chi connectivity index (χ0n) is 9.74. The van der Waals surface area contributed by atoms with E-state index in [2.05, 4.69) is 17.4 Å². The van der Waals surface area contributed by atoms with Crippen LogP contribution in [0.3, 0.4) is 0 Å². The second-order valence-electron chi connectivity index (χ2n) is 3.91. The molecule has 1 aromatic rings. The Bertz CT molecular complexity index is 327. The minimum Gasteiger partial charge on any atom is -0.491 e. The van der Waals surface area contributed by atoms with E-state index in [1.165, 1.54) is 5.56 Å². The van der Waals surface area contributed by atoms with Crippen LogP contribution in [0.2, 0.25) is 0 Å². The first-order valence-electron chi connectivity index (χ1n) is 5.94. The minimum absolute atomic E-state index is 0.345. The second kappa shape index (κ2) is 5.87. The number of para-hydroxylation sites is 1. The van der Waals surface area contributed by atoms with E-state index >= 15 is 0 Å². The van der Waals surface area contributed by atoms with Gasteiger partial charge in [-0.05, 0) is 26.0 Å². The van der Waals surface area contributed by atoms with Crippen LogP contribution in [0.5, 0.6) is 5.75 Å². The molecule has 0 saturated carbocycles. The van der Waals surface area contributed by atoms with Gasteiger partial charge in [-0.25, -0.2) is 0 Å². The van der Waals surface area contributed by atoms with E-state index in [-0.39, 0.29) is 0 Å². The fourth-order valence-electron chi connectivity index (χ4n) is 1.93. The van der Waals surface area contributed by atoms with Gasteiger partial charge in [0.05, 0.1) is 6.04 Å². The Morgan fingerprint density at radius 1 is 1.44 bits per heavy atom. The first kappa shape index (κ1) is 11.4. The summed E-state index contributed by atoms with van der Waals surface area (Å²) in [6.07, 6.45) is 1.05. The Balaban J connectivity index is 1.76. The lowest BCUT2D eigenvalue weighted by molar-refractivity contribution is 0.143. The molecule has 0 fully saturated rings. The molecular formula is C13H19NO2. The zero-order chi connectivity index (χ0) is 11.2.